The first-order valence-corrected chi connectivity index (χ1v) is 8.41. The van der Waals surface area contributed by atoms with Crippen molar-refractivity contribution in [2.24, 2.45) is 0 Å². The van der Waals surface area contributed by atoms with E-state index in [1.165, 1.54) is 0 Å². The van der Waals surface area contributed by atoms with E-state index < -0.39 is 7.94 Å². The molecule has 0 atom stereocenters. The molecule has 0 bridgehead atoms. The van der Waals surface area contributed by atoms with Gasteiger partial charge in [0.15, 0.2) is 0 Å². The van der Waals surface area contributed by atoms with E-state index in [1.807, 2.05) is 32.0 Å². The zero-order chi connectivity index (χ0) is 13.7. The molecule has 1 saturated heterocycles. The topological polar surface area (TPSA) is 56.8 Å². The maximum absolute atomic E-state index is 11.8. The van der Waals surface area contributed by atoms with E-state index in [0.29, 0.717) is 24.9 Å². The summed E-state index contributed by atoms with van der Waals surface area (Å²) in [6.07, 6.45) is 0.409. The van der Waals surface area contributed by atoms with Crippen molar-refractivity contribution in [3.05, 3.63) is 35.9 Å². The Balaban J connectivity index is 1.78. The third-order valence-electron chi connectivity index (χ3n) is 2.81. The van der Waals surface area contributed by atoms with E-state index in [0.717, 1.165) is 0 Å². The molecule has 19 heavy (non-hydrogen) atoms. The number of benzene rings is 1. The van der Waals surface area contributed by atoms with Crippen molar-refractivity contribution in [2.75, 3.05) is 19.3 Å². The Bertz CT molecular complexity index is 414. The summed E-state index contributed by atoms with van der Waals surface area (Å²) in [5, 5.41) is 2.85. The second-order valence-corrected chi connectivity index (χ2v) is 6.92. The average molecular weight is 285 g/mol. The van der Waals surface area contributed by atoms with Gasteiger partial charge in [-0.2, -0.15) is 0 Å². The number of hydrogen-bond acceptors (Lipinski definition) is 4. The molecule has 1 aliphatic rings. The fraction of sp³-hybridized carbons (Fsp3) is 0.462. The van der Waals surface area contributed by atoms with E-state index in [2.05, 4.69) is 5.32 Å². The molecule has 1 heterocycles. The van der Waals surface area contributed by atoms with Crippen LogP contribution in [-0.2, 0) is 13.6 Å². The van der Waals surface area contributed by atoms with Crippen LogP contribution in [0.25, 0.3) is 0 Å². The number of rotatable bonds is 6. The van der Waals surface area contributed by atoms with Gasteiger partial charge in [0, 0.05) is 0 Å². The second-order valence-electron chi connectivity index (χ2n) is 4.29. The fourth-order valence-electron chi connectivity index (χ4n) is 2.01. The molecule has 1 aromatic rings. The van der Waals surface area contributed by atoms with Gasteiger partial charge in [-0.05, 0) is 0 Å². The number of carbonyl (C=O) groups is 1. The molecule has 0 aromatic heterocycles. The van der Waals surface area contributed by atoms with Gasteiger partial charge < -0.3 is 0 Å². The molecule has 1 aliphatic heterocycles. The molecule has 0 saturated carbocycles. The molecule has 106 valence electrons. The summed E-state index contributed by atoms with van der Waals surface area (Å²) >= 11 is 0. The molecular formula is C13H20NO4P. The zero-order valence-electron chi connectivity index (χ0n) is 11.2. The third-order valence-corrected chi connectivity index (χ3v) is 5.78. The van der Waals surface area contributed by atoms with Crippen molar-refractivity contribution in [3.8, 4) is 0 Å². The van der Waals surface area contributed by atoms with Gasteiger partial charge in [-0.25, -0.2) is 0 Å². The van der Waals surface area contributed by atoms with Crippen molar-refractivity contribution in [2.45, 2.75) is 20.1 Å². The van der Waals surface area contributed by atoms with E-state index in [-0.39, 0.29) is 12.2 Å². The predicted octanol–water partition coefficient (Wildman–Crippen LogP) is 2.34. The maximum atomic E-state index is 11.8. The molecule has 0 aliphatic carbocycles. The fourth-order valence-corrected chi connectivity index (χ4v) is 4.43. The monoisotopic (exact) mass is 285 g/mol. The van der Waals surface area contributed by atoms with Crippen LogP contribution in [0.5, 0.6) is 0 Å². The quantitative estimate of drug-likeness (QED) is 0.815. The molecule has 1 fully saturated rings. The van der Waals surface area contributed by atoms with E-state index >= 15 is 0 Å². The van der Waals surface area contributed by atoms with Gasteiger partial charge in [0.1, 0.15) is 0 Å². The average Bonchev–Trinajstić information content (AvgIpc) is 2.38. The van der Waals surface area contributed by atoms with Gasteiger partial charge in [0.05, 0.1) is 0 Å². The summed E-state index contributed by atoms with van der Waals surface area (Å²) in [6, 6.07) is 9.12. The van der Waals surface area contributed by atoms with Crippen LogP contribution in [0.3, 0.4) is 0 Å². The molecule has 0 unspecified atom stereocenters. The van der Waals surface area contributed by atoms with Crippen molar-refractivity contribution < 1.29 is 18.4 Å². The molecule has 1 aromatic carbocycles. The van der Waals surface area contributed by atoms with Crippen LogP contribution < -0.4 is 5.32 Å². The standard InChI is InChI=1S/C13H20NO4P/c1-3-16-19(17-11(2)18-19)10-9-14-13(15)12-7-5-4-6-8-12/h4-8,11,19H,3,9-10H2,1-2H3,(H,14,15). The minimum atomic E-state index is -2.49. The van der Waals surface area contributed by atoms with Gasteiger partial charge in [-0.1, -0.05) is 0 Å². The van der Waals surface area contributed by atoms with Crippen LogP contribution in [0.2, 0.25) is 0 Å². The molecular weight excluding hydrogens is 265 g/mol. The van der Waals surface area contributed by atoms with Crippen molar-refractivity contribution in [3.63, 3.8) is 0 Å². The Morgan fingerprint density at radius 1 is 1.37 bits per heavy atom. The van der Waals surface area contributed by atoms with Gasteiger partial charge in [-0.3, -0.25) is 0 Å². The normalized spacial score (nSPS) is 22.3. The van der Waals surface area contributed by atoms with Gasteiger partial charge in [-0.15, -0.1) is 0 Å². The first kappa shape index (κ1) is 14.4. The predicted molar refractivity (Wildman–Crippen MR) is 75.2 cm³/mol. The SMILES string of the molecule is CCO[PH]1(CCNC(=O)c2ccccc2)OC(C)O1. The van der Waals surface area contributed by atoms with E-state index in [9.17, 15) is 4.79 Å². The Hall–Kier alpha value is -1.00. The van der Waals surface area contributed by atoms with E-state index in [4.69, 9.17) is 13.6 Å². The van der Waals surface area contributed by atoms with Crippen molar-refractivity contribution in [1.82, 2.24) is 5.32 Å². The Labute approximate surface area is 113 Å². The van der Waals surface area contributed by atoms with E-state index in [1.54, 1.807) is 12.1 Å². The molecule has 5 nitrogen and oxygen atoms in total. The number of nitrogens with one attached hydrogen (secondary N) is 1. The minimum absolute atomic E-state index is 0.0892. The summed E-state index contributed by atoms with van der Waals surface area (Å²) < 4.78 is 16.8. The number of carbonyl (C=O) groups excluding carboxylic acids is 1. The van der Waals surface area contributed by atoms with Crippen LogP contribution >= 0.6 is 7.94 Å². The van der Waals surface area contributed by atoms with Crippen LogP contribution in [0, 0.1) is 0 Å². The Morgan fingerprint density at radius 3 is 2.63 bits per heavy atom. The van der Waals surface area contributed by atoms with Crippen LogP contribution in [0.4, 0.5) is 0 Å². The van der Waals surface area contributed by atoms with Crippen LogP contribution in [-0.4, -0.2) is 31.5 Å². The summed E-state index contributed by atoms with van der Waals surface area (Å²) in [7, 11) is -2.49. The second kappa shape index (κ2) is 6.44. The van der Waals surface area contributed by atoms with Gasteiger partial charge in [0.25, 0.3) is 0 Å². The van der Waals surface area contributed by atoms with Crippen molar-refractivity contribution in [1.29, 1.82) is 0 Å². The molecule has 6 heteroatoms. The first-order valence-electron chi connectivity index (χ1n) is 6.48. The van der Waals surface area contributed by atoms with Crippen molar-refractivity contribution >= 4 is 13.9 Å². The van der Waals surface area contributed by atoms with Crippen LogP contribution in [0.1, 0.15) is 24.2 Å². The summed E-state index contributed by atoms with van der Waals surface area (Å²) in [5.74, 6) is -0.0892. The van der Waals surface area contributed by atoms with Gasteiger partial charge >= 0.3 is 113 Å². The molecule has 2 rings (SSSR count). The summed E-state index contributed by atoms with van der Waals surface area (Å²) in [4.78, 5) is 11.8. The number of hydrogen-bond donors (Lipinski definition) is 1. The zero-order valence-corrected chi connectivity index (χ0v) is 12.2. The Morgan fingerprint density at radius 2 is 2.05 bits per heavy atom. The first-order chi connectivity index (χ1) is 9.15. The third kappa shape index (κ3) is 3.74. The van der Waals surface area contributed by atoms with Crippen LogP contribution in [0.15, 0.2) is 30.3 Å². The molecule has 1 amide bonds. The Kier molecular flexibility index (Phi) is 4.88. The molecule has 0 radical (unpaired) electrons. The number of amides is 1. The summed E-state index contributed by atoms with van der Waals surface area (Å²) in [5.41, 5.74) is 0.651. The van der Waals surface area contributed by atoms with Gasteiger partial charge in [0.2, 0.25) is 0 Å². The molecule has 0 spiro atoms. The summed E-state index contributed by atoms with van der Waals surface area (Å²) in [6.45, 7) is 4.80. The molecule has 1 N–H and O–H groups in total.